The number of carboxylic acids is 1. The van der Waals surface area contributed by atoms with Crippen molar-refractivity contribution >= 4 is 11.8 Å². The molecule has 6 heteroatoms. The summed E-state index contributed by atoms with van der Waals surface area (Å²) < 4.78 is 0. The van der Waals surface area contributed by atoms with Crippen molar-refractivity contribution < 1.29 is 24.9 Å². The van der Waals surface area contributed by atoms with E-state index in [1.807, 2.05) is 0 Å². The van der Waals surface area contributed by atoms with Crippen molar-refractivity contribution in [3.8, 4) is 11.5 Å². The molecule has 0 aromatic heterocycles. The van der Waals surface area contributed by atoms with Crippen LogP contribution in [0.1, 0.15) is 48.9 Å². The lowest BCUT2D eigenvalue weighted by Crippen LogP contribution is -2.29. The molecular formula is C15H21NO5. The van der Waals surface area contributed by atoms with E-state index in [1.165, 1.54) is 18.2 Å². The molecule has 0 aliphatic carbocycles. The molecule has 1 rings (SSSR count). The number of Topliss-reactive ketones (excluding diaryl/α,β-unsaturated/α-hetero) is 1. The summed E-state index contributed by atoms with van der Waals surface area (Å²) in [6, 6.07) is 3.01. The third-order valence-corrected chi connectivity index (χ3v) is 3.21. The van der Waals surface area contributed by atoms with E-state index in [0.29, 0.717) is 31.2 Å². The van der Waals surface area contributed by atoms with Crippen LogP contribution in [0.2, 0.25) is 0 Å². The Morgan fingerprint density at radius 1 is 1.00 bits per heavy atom. The van der Waals surface area contributed by atoms with Gasteiger partial charge in [0.05, 0.1) is 0 Å². The SMILES string of the molecule is NC(CCCCCCC(=O)c1cc(O)cc(O)c1)C(=O)O. The third-order valence-electron chi connectivity index (χ3n) is 3.21. The largest absolute Gasteiger partial charge is 0.508 e. The van der Waals surface area contributed by atoms with Crippen LogP contribution in [0, 0.1) is 0 Å². The number of ketones is 1. The maximum absolute atomic E-state index is 11.9. The molecule has 5 N–H and O–H groups in total. The number of hydrogen-bond acceptors (Lipinski definition) is 5. The van der Waals surface area contributed by atoms with E-state index in [0.717, 1.165) is 12.8 Å². The number of hydrogen-bond donors (Lipinski definition) is 4. The fourth-order valence-electron chi connectivity index (χ4n) is 2.03. The summed E-state index contributed by atoms with van der Waals surface area (Å²) in [5, 5.41) is 27.2. The molecule has 6 nitrogen and oxygen atoms in total. The Morgan fingerprint density at radius 3 is 2.14 bits per heavy atom. The number of aromatic hydroxyl groups is 2. The van der Waals surface area contributed by atoms with Crippen molar-refractivity contribution in [2.45, 2.75) is 44.6 Å². The lowest BCUT2D eigenvalue weighted by molar-refractivity contribution is -0.138. The monoisotopic (exact) mass is 295 g/mol. The molecule has 0 bridgehead atoms. The molecule has 21 heavy (non-hydrogen) atoms. The van der Waals surface area contributed by atoms with E-state index in [9.17, 15) is 19.8 Å². The number of carboxylic acid groups (broad SMARTS) is 1. The van der Waals surface area contributed by atoms with Crippen LogP contribution in [0.4, 0.5) is 0 Å². The minimum absolute atomic E-state index is 0.136. The van der Waals surface area contributed by atoms with Crippen LogP contribution in [-0.2, 0) is 4.79 Å². The molecule has 0 radical (unpaired) electrons. The van der Waals surface area contributed by atoms with Gasteiger partial charge in [-0.3, -0.25) is 9.59 Å². The standard InChI is InChI=1S/C15H21NO5/c16-13(15(20)21)5-3-1-2-4-6-14(19)10-7-11(17)9-12(18)8-10/h7-9,13,17-18H,1-6,16H2,(H,20,21). The van der Waals surface area contributed by atoms with Crippen molar-refractivity contribution in [1.29, 1.82) is 0 Å². The molecule has 0 fully saturated rings. The van der Waals surface area contributed by atoms with E-state index >= 15 is 0 Å². The second kappa shape index (κ2) is 8.26. The highest BCUT2D eigenvalue weighted by molar-refractivity contribution is 5.96. The van der Waals surface area contributed by atoms with Gasteiger partial charge in [-0.25, -0.2) is 0 Å². The average molecular weight is 295 g/mol. The number of nitrogens with two attached hydrogens (primary N) is 1. The van der Waals surface area contributed by atoms with Crippen LogP contribution in [0.15, 0.2) is 18.2 Å². The first-order valence-corrected chi connectivity index (χ1v) is 6.94. The van der Waals surface area contributed by atoms with Crippen LogP contribution >= 0.6 is 0 Å². The molecule has 116 valence electrons. The molecule has 1 aromatic rings. The third kappa shape index (κ3) is 6.27. The Kier molecular flexibility index (Phi) is 6.68. The molecule has 0 spiro atoms. The topological polar surface area (TPSA) is 121 Å². The first-order chi connectivity index (χ1) is 9.90. The average Bonchev–Trinajstić information content (AvgIpc) is 2.40. The summed E-state index contributed by atoms with van der Waals surface area (Å²) in [5.41, 5.74) is 5.67. The molecule has 1 aromatic carbocycles. The van der Waals surface area contributed by atoms with E-state index < -0.39 is 12.0 Å². The Balaban J connectivity index is 2.23. The minimum Gasteiger partial charge on any atom is -0.508 e. The van der Waals surface area contributed by atoms with Crippen LogP contribution in [0.25, 0.3) is 0 Å². The number of rotatable bonds is 9. The molecule has 0 heterocycles. The normalized spacial score (nSPS) is 12.0. The summed E-state index contributed by atoms with van der Waals surface area (Å²) >= 11 is 0. The van der Waals surface area contributed by atoms with Crippen LogP contribution < -0.4 is 5.73 Å². The molecule has 0 saturated carbocycles. The number of phenols is 2. The van der Waals surface area contributed by atoms with Gasteiger partial charge in [-0.1, -0.05) is 19.3 Å². The Bertz CT molecular complexity index is 481. The second-order valence-corrected chi connectivity index (χ2v) is 5.06. The van der Waals surface area contributed by atoms with Gasteiger partial charge in [0.25, 0.3) is 0 Å². The molecular weight excluding hydrogens is 274 g/mol. The van der Waals surface area contributed by atoms with E-state index in [4.69, 9.17) is 10.8 Å². The molecule has 0 saturated heterocycles. The predicted octanol–water partition coefficient (Wildman–Crippen LogP) is 2.03. The summed E-state index contributed by atoms with van der Waals surface area (Å²) in [6.07, 6.45) is 3.78. The van der Waals surface area contributed by atoms with Crippen LogP contribution in [0.5, 0.6) is 11.5 Å². The number of aliphatic carboxylic acids is 1. The number of phenolic OH excluding ortho intramolecular Hbond substituents is 2. The van der Waals surface area contributed by atoms with E-state index in [2.05, 4.69) is 0 Å². The zero-order valence-corrected chi connectivity index (χ0v) is 11.8. The zero-order chi connectivity index (χ0) is 15.8. The fourth-order valence-corrected chi connectivity index (χ4v) is 2.03. The van der Waals surface area contributed by atoms with Gasteiger partial charge < -0.3 is 21.1 Å². The van der Waals surface area contributed by atoms with Gasteiger partial charge in [0, 0.05) is 18.1 Å². The van der Waals surface area contributed by atoms with Gasteiger partial charge in [0.2, 0.25) is 0 Å². The predicted molar refractivity (Wildman–Crippen MR) is 77.4 cm³/mol. The Morgan fingerprint density at radius 2 is 1.57 bits per heavy atom. The molecule has 0 aliphatic heterocycles. The van der Waals surface area contributed by atoms with Crippen molar-refractivity contribution in [3.05, 3.63) is 23.8 Å². The Labute approximate surface area is 123 Å². The number of unbranched alkanes of at least 4 members (excludes halogenated alkanes) is 3. The maximum Gasteiger partial charge on any atom is 0.320 e. The van der Waals surface area contributed by atoms with Crippen molar-refractivity contribution in [2.75, 3.05) is 0 Å². The smallest absolute Gasteiger partial charge is 0.320 e. The van der Waals surface area contributed by atoms with E-state index in [1.54, 1.807) is 0 Å². The summed E-state index contributed by atoms with van der Waals surface area (Å²) in [5.74, 6) is -1.40. The molecule has 1 unspecified atom stereocenters. The quantitative estimate of drug-likeness (QED) is 0.408. The number of carbonyl (C=O) groups excluding carboxylic acids is 1. The molecule has 1 atom stereocenters. The minimum atomic E-state index is -0.992. The van der Waals surface area contributed by atoms with Crippen molar-refractivity contribution in [3.63, 3.8) is 0 Å². The summed E-state index contributed by atoms with van der Waals surface area (Å²) in [4.78, 5) is 22.4. The Hall–Kier alpha value is -2.08. The lowest BCUT2D eigenvalue weighted by Gasteiger charge is -2.06. The van der Waals surface area contributed by atoms with Crippen molar-refractivity contribution in [2.24, 2.45) is 5.73 Å². The summed E-state index contributed by atoms with van der Waals surface area (Å²) in [6.45, 7) is 0. The van der Waals surface area contributed by atoms with Gasteiger partial charge in [-0.2, -0.15) is 0 Å². The van der Waals surface area contributed by atoms with Crippen molar-refractivity contribution in [1.82, 2.24) is 0 Å². The maximum atomic E-state index is 11.9. The zero-order valence-electron chi connectivity index (χ0n) is 11.8. The molecule has 0 amide bonds. The molecule has 0 aliphatic rings. The number of benzene rings is 1. The lowest BCUT2D eigenvalue weighted by atomic mass is 10.0. The van der Waals surface area contributed by atoms with Gasteiger partial charge >= 0.3 is 5.97 Å². The van der Waals surface area contributed by atoms with Gasteiger partial charge in [-0.15, -0.1) is 0 Å². The van der Waals surface area contributed by atoms with Gasteiger partial charge in [0.15, 0.2) is 5.78 Å². The highest BCUT2D eigenvalue weighted by Crippen LogP contribution is 2.22. The fraction of sp³-hybridized carbons (Fsp3) is 0.467. The van der Waals surface area contributed by atoms with Gasteiger partial charge in [0.1, 0.15) is 17.5 Å². The first-order valence-electron chi connectivity index (χ1n) is 6.94. The highest BCUT2D eigenvalue weighted by atomic mass is 16.4. The van der Waals surface area contributed by atoms with Crippen LogP contribution in [-0.4, -0.2) is 33.1 Å². The summed E-state index contributed by atoms with van der Waals surface area (Å²) in [7, 11) is 0. The van der Waals surface area contributed by atoms with Crippen LogP contribution in [0.3, 0.4) is 0 Å². The van der Waals surface area contributed by atoms with Gasteiger partial charge in [-0.05, 0) is 25.0 Å². The highest BCUT2D eigenvalue weighted by Gasteiger charge is 2.11. The van der Waals surface area contributed by atoms with E-state index in [-0.39, 0.29) is 17.3 Å². The second-order valence-electron chi connectivity index (χ2n) is 5.06. The first kappa shape index (κ1) is 17.0. The number of carbonyl (C=O) groups is 2.